The molecular formula is C19H36O4. The van der Waals surface area contributed by atoms with Crippen molar-refractivity contribution in [2.24, 2.45) is 17.3 Å². The van der Waals surface area contributed by atoms with Crippen molar-refractivity contribution in [3.63, 3.8) is 0 Å². The zero-order valence-electron chi connectivity index (χ0n) is 15.9. The van der Waals surface area contributed by atoms with Gasteiger partial charge in [0, 0.05) is 0 Å². The third-order valence-electron chi connectivity index (χ3n) is 4.44. The molecule has 0 amide bonds. The Bertz CT molecular complexity index is 348. The summed E-state index contributed by atoms with van der Waals surface area (Å²) in [5.74, 6) is -0.849. The molecule has 0 aromatic rings. The van der Waals surface area contributed by atoms with Crippen molar-refractivity contribution in [2.75, 3.05) is 0 Å². The number of carboxylic acids is 1. The van der Waals surface area contributed by atoms with Gasteiger partial charge in [0.2, 0.25) is 0 Å². The molecule has 0 rings (SSSR count). The number of esters is 1. The summed E-state index contributed by atoms with van der Waals surface area (Å²) >= 11 is 0. The molecule has 1 N–H and O–H groups in total. The van der Waals surface area contributed by atoms with Gasteiger partial charge in [-0.15, -0.1) is 0 Å². The Morgan fingerprint density at radius 2 is 1.43 bits per heavy atom. The molecule has 0 saturated heterocycles. The Hall–Kier alpha value is -1.06. The van der Waals surface area contributed by atoms with Gasteiger partial charge in [-0.05, 0) is 50.4 Å². The molecule has 23 heavy (non-hydrogen) atoms. The summed E-state index contributed by atoms with van der Waals surface area (Å²) < 4.78 is 5.61. The predicted molar refractivity (Wildman–Crippen MR) is 93.3 cm³/mol. The third kappa shape index (κ3) is 7.36. The molecule has 0 bridgehead atoms. The molecule has 0 aliphatic heterocycles. The summed E-state index contributed by atoms with van der Waals surface area (Å²) in [7, 11) is 0. The molecule has 4 nitrogen and oxygen atoms in total. The lowest BCUT2D eigenvalue weighted by molar-refractivity contribution is -0.174. The number of rotatable bonds is 12. The van der Waals surface area contributed by atoms with Crippen LogP contribution in [-0.2, 0) is 14.3 Å². The number of aliphatic carboxylic acids is 1. The number of carbonyl (C=O) groups is 2. The molecule has 136 valence electrons. The largest absolute Gasteiger partial charge is 0.480 e. The molecule has 0 fully saturated rings. The monoisotopic (exact) mass is 328 g/mol. The van der Waals surface area contributed by atoms with Crippen LogP contribution < -0.4 is 0 Å². The summed E-state index contributed by atoms with van der Waals surface area (Å²) in [6.07, 6.45) is 4.39. The summed E-state index contributed by atoms with van der Waals surface area (Å²) in [6, 6.07) is 0. The molecule has 0 aliphatic rings. The van der Waals surface area contributed by atoms with Crippen LogP contribution in [0.2, 0.25) is 0 Å². The van der Waals surface area contributed by atoms with E-state index in [1.165, 1.54) is 0 Å². The maximum absolute atomic E-state index is 12.8. The second kappa shape index (κ2) is 10.7. The van der Waals surface area contributed by atoms with Crippen molar-refractivity contribution in [3.8, 4) is 0 Å². The van der Waals surface area contributed by atoms with Crippen LogP contribution in [0.4, 0.5) is 0 Å². The number of carboxylic acid groups (broad SMARTS) is 1. The average Bonchev–Trinajstić information content (AvgIpc) is 2.46. The second-order valence-corrected chi connectivity index (χ2v) is 7.48. The van der Waals surface area contributed by atoms with Gasteiger partial charge < -0.3 is 9.84 Å². The first-order chi connectivity index (χ1) is 10.7. The van der Waals surface area contributed by atoms with Crippen LogP contribution in [0.3, 0.4) is 0 Å². The minimum Gasteiger partial charge on any atom is -0.480 e. The van der Waals surface area contributed by atoms with Gasteiger partial charge >= 0.3 is 11.9 Å². The van der Waals surface area contributed by atoms with Crippen molar-refractivity contribution in [3.05, 3.63) is 0 Å². The Morgan fingerprint density at radius 3 is 1.74 bits per heavy atom. The van der Waals surface area contributed by atoms with E-state index in [9.17, 15) is 14.7 Å². The van der Waals surface area contributed by atoms with E-state index in [0.29, 0.717) is 37.5 Å². The summed E-state index contributed by atoms with van der Waals surface area (Å²) in [4.78, 5) is 24.8. The Morgan fingerprint density at radius 1 is 0.957 bits per heavy atom. The molecule has 0 aromatic carbocycles. The summed E-state index contributed by atoms with van der Waals surface area (Å²) in [5, 5.41) is 9.83. The van der Waals surface area contributed by atoms with Crippen LogP contribution in [0.25, 0.3) is 0 Å². The van der Waals surface area contributed by atoms with E-state index in [1.807, 2.05) is 41.5 Å². The van der Waals surface area contributed by atoms with Crippen LogP contribution in [0.5, 0.6) is 0 Å². The predicted octanol–water partition coefficient (Wildman–Crippen LogP) is 5.05. The Kier molecular flexibility index (Phi) is 10.2. The molecule has 0 saturated carbocycles. The second-order valence-electron chi connectivity index (χ2n) is 7.48. The van der Waals surface area contributed by atoms with Gasteiger partial charge in [-0.2, -0.15) is 0 Å². The van der Waals surface area contributed by atoms with Crippen molar-refractivity contribution in [2.45, 2.75) is 92.6 Å². The molecule has 0 spiro atoms. The first kappa shape index (κ1) is 21.9. The van der Waals surface area contributed by atoms with E-state index >= 15 is 0 Å². The van der Waals surface area contributed by atoms with E-state index in [4.69, 9.17) is 4.74 Å². The van der Waals surface area contributed by atoms with Gasteiger partial charge in [0.05, 0.1) is 0 Å². The van der Waals surface area contributed by atoms with Gasteiger partial charge in [-0.3, -0.25) is 9.59 Å². The third-order valence-corrected chi connectivity index (χ3v) is 4.44. The fourth-order valence-corrected chi connectivity index (χ4v) is 2.63. The lowest BCUT2D eigenvalue weighted by atomic mass is 9.76. The highest BCUT2D eigenvalue weighted by Crippen LogP contribution is 2.35. The minimum absolute atomic E-state index is 0.177. The molecule has 0 radical (unpaired) electrons. The van der Waals surface area contributed by atoms with Crippen molar-refractivity contribution in [1.82, 2.24) is 0 Å². The normalized spacial score (nSPS) is 13.4. The smallest absolute Gasteiger partial charge is 0.323 e. The highest BCUT2D eigenvalue weighted by Gasteiger charge is 2.47. The molecule has 1 atom stereocenters. The number of hydrogen-bond donors (Lipinski definition) is 1. The van der Waals surface area contributed by atoms with Crippen molar-refractivity contribution < 1.29 is 19.4 Å². The lowest BCUT2D eigenvalue weighted by Gasteiger charge is -2.30. The average molecular weight is 328 g/mol. The molecular weight excluding hydrogens is 292 g/mol. The number of carbonyl (C=O) groups excluding carboxylic acids is 1. The van der Waals surface area contributed by atoms with Crippen LogP contribution in [0.1, 0.15) is 86.5 Å². The lowest BCUT2D eigenvalue weighted by Crippen LogP contribution is -2.43. The molecule has 0 aromatic heterocycles. The summed E-state index contributed by atoms with van der Waals surface area (Å²) in [5.41, 5.74) is -1.39. The first-order valence-electron chi connectivity index (χ1n) is 9.14. The number of ether oxygens (including phenoxy) is 1. The van der Waals surface area contributed by atoms with Crippen molar-refractivity contribution >= 4 is 11.9 Å². The van der Waals surface area contributed by atoms with E-state index in [0.717, 1.165) is 19.3 Å². The van der Waals surface area contributed by atoms with Gasteiger partial charge in [0.15, 0.2) is 5.41 Å². The zero-order valence-corrected chi connectivity index (χ0v) is 15.9. The quantitative estimate of drug-likeness (QED) is 0.402. The first-order valence-corrected chi connectivity index (χ1v) is 9.14. The summed E-state index contributed by atoms with van der Waals surface area (Å²) in [6.45, 7) is 12.2. The van der Waals surface area contributed by atoms with Crippen molar-refractivity contribution in [1.29, 1.82) is 0 Å². The molecule has 4 heteroatoms. The fourth-order valence-electron chi connectivity index (χ4n) is 2.63. The van der Waals surface area contributed by atoms with Gasteiger partial charge in [-0.25, -0.2) is 0 Å². The van der Waals surface area contributed by atoms with E-state index < -0.39 is 17.4 Å². The van der Waals surface area contributed by atoms with E-state index in [1.54, 1.807) is 0 Å². The highest BCUT2D eigenvalue weighted by molar-refractivity contribution is 5.99. The standard InChI is InChI=1S/C19H36O4/c1-7-9-16(8-2)23-18(22)19(17(20)21,12-10-14(3)4)13-11-15(5)6/h14-16H,7-13H2,1-6H3,(H,20,21). The Balaban J connectivity index is 5.31. The fraction of sp³-hybridized carbons (Fsp3) is 0.895. The van der Waals surface area contributed by atoms with Gasteiger partial charge in [-0.1, -0.05) is 48.0 Å². The topological polar surface area (TPSA) is 63.6 Å². The maximum atomic E-state index is 12.8. The molecule has 0 aliphatic carbocycles. The number of hydrogen-bond acceptors (Lipinski definition) is 3. The zero-order chi connectivity index (χ0) is 18.0. The van der Waals surface area contributed by atoms with Crippen LogP contribution in [-0.4, -0.2) is 23.1 Å². The van der Waals surface area contributed by atoms with Crippen LogP contribution >= 0.6 is 0 Å². The van der Waals surface area contributed by atoms with E-state index in [-0.39, 0.29) is 6.10 Å². The molecule has 1 unspecified atom stereocenters. The van der Waals surface area contributed by atoms with Crippen LogP contribution in [0.15, 0.2) is 0 Å². The van der Waals surface area contributed by atoms with Gasteiger partial charge in [0.1, 0.15) is 6.10 Å². The maximum Gasteiger partial charge on any atom is 0.323 e. The van der Waals surface area contributed by atoms with Gasteiger partial charge in [0.25, 0.3) is 0 Å². The van der Waals surface area contributed by atoms with E-state index in [2.05, 4.69) is 0 Å². The Labute approximate surface area is 142 Å². The molecule has 0 heterocycles. The van der Waals surface area contributed by atoms with Crippen LogP contribution in [0, 0.1) is 17.3 Å². The highest BCUT2D eigenvalue weighted by atomic mass is 16.5. The SMILES string of the molecule is CCCC(CC)OC(=O)C(CCC(C)C)(CCC(C)C)C(=O)O. The minimum atomic E-state index is -1.39.